The molecular weight excluding hydrogens is 416 g/mol. The zero-order chi connectivity index (χ0) is 22.8. The summed E-state index contributed by atoms with van der Waals surface area (Å²) in [5, 5.41) is 2.93. The van der Waals surface area contributed by atoms with E-state index in [2.05, 4.69) is 20.2 Å². The van der Waals surface area contributed by atoms with Gasteiger partial charge in [0.1, 0.15) is 5.82 Å². The molecule has 2 aromatic carbocycles. The van der Waals surface area contributed by atoms with Crippen LogP contribution in [0.1, 0.15) is 25.1 Å². The molecule has 33 heavy (non-hydrogen) atoms. The van der Waals surface area contributed by atoms with Gasteiger partial charge in [0.2, 0.25) is 5.91 Å². The van der Waals surface area contributed by atoms with Gasteiger partial charge in [-0.05, 0) is 56.2 Å². The van der Waals surface area contributed by atoms with Crippen molar-refractivity contribution in [3.8, 4) is 5.69 Å². The monoisotopic (exact) mass is 442 g/mol. The molecule has 1 aliphatic heterocycles. The Hall–Kier alpha value is -3.94. The smallest absolute Gasteiger partial charge is 0.294 e. The van der Waals surface area contributed by atoms with Gasteiger partial charge in [0.25, 0.3) is 5.56 Å². The van der Waals surface area contributed by atoms with Gasteiger partial charge >= 0.3 is 0 Å². The van der Waals surface area contributed by atoms with Crippen LogP contribution in [0.25, 0.3) is 16.7 Å². The molecule has 1 fully saturated rings. The number of benzene rings is 2. The molecule has 168 valence electrons. The fourth-order valence-electron chi connectivity index (χ4n) is 4.33. The van der Waals surface area contributed by atoms with Crippen molar-refractivity contribution in [3.05, 3.63) is 77.1 Å². The first-order valence-electron chi connectivity index (χ1n) is 11.2. The van der Waals surface area contributed by atoms with E-state index in [1.807, 2.05) is 66.2 Å². The third kappa shape index (κ3) is 4.24. The molecule has 0 saturated carbocycles. The molecule has 5 rings (SSSR count). The number of fused-ring (bicyclic) bond motifs is 1. The number of hydrogen-bond donors (Lipinski definition) is 1. The van der Waals surface area contributed by atoms with Gasteiger partial charge in [-0.15, -0.1) is 0 Å². The number of imidazole rings is 1. The molecule has 1 amide bonds. The molecule has 8 heteroatoms. The molecule has 3 heterocycles. The summed E-state index contributed by atoms with van der Waals surface area (Å²) in [5.74, 6) is 1.24. The second kappa shape index (κ2) is 8.90. The number of para-hydroxylation sites is 2. The van der Waals surface area contributed by atoms with Crippen molar-refractivity contribution in [1.82, 2.24) is 19.1 Å². The molecule has 0 radical (unpaired) electrons. The zero-order valence-electron chi connectivity index (χ0n) is 18.6. The van der Waals surface area contributed by atoms with Gasteiger partial charge < -0.3 is 19.4 Å². The largest absolute Gasteiger partial charge is 0.352 e. The summed E-state index contributed by atoms with van der Waals surface area (Å²) in [4.78, 5) is 36.8. The van der Waals surface area contributed by atoms with E-state index in [-0.39, 0.29) is 17.9 Å². The van der Waals surface area contributed by atoms with Gasteiger partial charge in [-0.1, -0.05) is 12.1 Å². The molecule has 0 unspecified atom stereocenters. The maximum absolute atomic E-state index is 13.2. The molecule has 4 aromatic rings. The highest BCUT2D eigenvalue weighted by Crippen LogP contribution is 2.19. The predicted molar refractivity (Wildman–Crippen MR) is 129 cm³/mol. The minimum Gasteiger partial charge on any atom is -0.352 e. The average molecular weight is 443 g/mol. The molecule has 0 bridgehead atoms. The maximum atomic E-state index is 13.2. The predicted octanol–water partition coefficient (Wildman–Crippen LogP) is 3.52. The number of hydrogen-bond acceptors (Lipinski definition) is 5. The number of nitrogens with one attached hydrogen (secondary N) is 1. The number of nitrogens with zero attached hydrogens (tertiary/aromatic N) is 5. The summed E-state index contributed by atoms with van der Waals surface area (Å²) in [6.45, 7) is 3.92. The van der Waals surface area contributed by atoms with Crippen molar-refractivity contribution in [2.24, 2.45) is 0 Å². The maximum Gasteiger partial charge on any atom is 0.294 e. The molecule has 8 nitrogen and oxygen atoms in total. The fourth-order valence-corrected chi connectivity index (χ4v) is 4.33. The second-order valence-corrected chi connectivity index (χ2v) is 8.26. The third-order valence-corrected chi connectivity index (χ3v) is 6.06. The van der Waals surface area contributed by atoms with Crippen LogP contribution < -0.4 is 15.8 Å². The number of carbonyl (C=O) groups is 1. The topological polar surface area (TPSA) is 85.0 Å². The number of aromatic nitrogens is 4. The highest BCUT2D eigenvalue weighted by molar-refractivity contribution is 5.90. The first-order valence-corrected chi connectivity index (χ1v) is 11.2. The lowest BCUT2D eigenvalue weighted by atomic mass is 10.2. The van der Waals surface area contributed by atoms with E-state index in [4.69, 9.17) is 0 Å². The van der Waals surface area contributed by atoms with Crippen LogP contribution in [0, 0.1) is 6.92 Å². The number of carbonyl (C=O) groups excluding carboxylic acids is 1. The first-order chi connectivity index (χ1) is 16.1. The first kappa shape index (κ1) is 20.9. The SMILES string of the molecule is Cc1nccn1-c1ccc(NC(=O)CCn2c(=O)c(N3CCCC3)nc3ccccc32)cc1. The number of anilines is 2. The Morgan fingerprint density at radius 3 is 2.55 bits per heavy atom. The van der Waals surface area contributed by atoms with Crippen LogP contribution in [0.3, 0.4) is 0 Å². The normalized spacial score (nSPS) is 13.5. The van der Waals surface area contributed by atoms with Gasteiger partial charge in [0, 0.05) is 49.8 Å². The highest BCUT2D eigenvalue weighted by Gasteiger charge is 2.20. The molecule has 1 aliphatic rings. The van der Waals surface area contributed by atoms with E-state index in [1.165, 1.54) is 0 Å². The lowest BCUT2D eigenvalue weighted by Crippen LogP contribution is -2.32. The standard InChI is InChI=1S/C25H26N6O2/c1-18-26-13-17-30(18)20-10-8-19(9-11-20)27-23(32)12-16-31-22-7-3-2-6-21(22)28-24(25(31)33)29-14-4-5-15-29/h2-3,6-11,13,17H,4-5,12,14-16H2,1H3,(H,27,32). The Kier molecular flexibility index (Phi) is 5.64. The van der Waals surface area contributed by atoms with Crippen molar-refractivity contribution in [2.45, 2.75) is 32.7 Å². The van der Waals surface area contributed by atoms with Gasteiger partial charge in [0.15, 0.2) is 5.82 Å². The van der Waals surface area contributed by atoms with Crippen LogP contribution in [0.2, 0.25) is 0 Å². The van der Waals surface area contributed by atoms with E-state index in [1.54, 1.807) is 10.8 Å². The van der Waals surface area contributed by atoms with Crippen LogP contribution >= 0.6 is 0 Å². The number of amides is 1. The molecule has 0 aliphatic carbocycles. The van der Waals surface area contributed by atoms with Crippen molar-refractivity contribution in [2.75, 3.05) is 23.3 Å². The van der Waals surface area contributed by atoms with Gasteiger partial charge in [-0.2, -0.15) is 0 Å². The summed E-state index contributed by atoms with van der Waals surface area (Å²) in [7, 11) is 0. The lowest BCUT2D eigenvalue weighted by molar-refractivity contribution is -0.116. The summed E-state index contributed by atoms with van der Waals surface area (Å²) < 4.78 is 3.66. The van der Waals surface area contributed by atoms with Gasteiger partial charge in [0.05, 0.1) is 11.0 Å². The Bertz CT molecular complexity index is 1350. The lowest BCUT2D eigenvalue weighted by Gasteiger charge is -2.19. The van der Waals surface area contributed by atoms with E-state index in [9.17, 15) is 9.59 Å². The van der Waals surface area contributed by atoms with Crippen LogP contribution in [0.15, 0.2) is 65.7 Å². The number of aryl methyl sites for hydroxylation is 2. The Balaban J connectivity index is 1.32. The van der Waals surface area contributed by atoms with Crippen LogP contribution in [0.4, 0.5) is 11.5 Å². The van der Waals surface area contributed by atoms with Gasteiger partial charge in [-0.25, -0.2) is 9.97 Å². The van der Waals surface area contributed by atoms with Crippen LogP contribution in [0.5, 0.6) is 0 Å². The number of rotatable bonds is 6. The molecular formula is C25H26N6O2. The summed E-state index contributed by atoms with van der Waals surface area (Å²) >= 11 is 0. The summed E-state index contributed by atoms with van der Waals surface area (Å²) in [6.07, 6.45) is 5.97. The molecule has 1 saturated heterocycles. The third-order valence-electron chi connectivity index (χ3n) is 6.06. The fraction of sp³-hybridized carbons (Fsp3) is 0.280. The van der Waals surface area contributed by atoms with Crippen LogP contribution in [-0.2, 0) is 11.3 Å². The average Bonchev–Trinajstić information content (AvgIpc) is 3.51. The Morgan fingerprint density at radius 2 is 1.82 bits per heavy atom. The van der Waals surface area contributed by atoms with Crippen molar-refractivity contribution in [1.29, 1.82) is 0 Å². The molecule has 0 atom stereocenters. The van der Waals surface area contributed by atoms with Gasteiger partial charge in [-0.3, -0.25) is 9.59 Å². The highest BCUT2D eigenvalue weighted by atomic mass is 16.2. The molecule has 0 spiro atoms. The minimum absolute atomic E-state index is 0.136. The van der Waals surface area contributed by atoms with E-state index in [0.29, 0.717) is 18.1 Å². The van der Waals surface area contributed by atoms with Crippen molar-refractivity contribution in [3.63, 3.8) is 0 Å². The van der Waals surface area contributed by atoms with E-state index >= 15 is 0 Å². The van der Waals surface area contributed by atoms with E-state index < -0.39 is 0 Å². The van der Waals surface area contributed by atoms with Crippen molar-refractivity contribution >= 4 is 28.4 Å². The van der Waals surface area contributed by atoms with Crippen molar-refractivity contribution < 1.29 is 4.79 Å². The summed E-state index contributed by atoms with van der Waals surface area (Å²) in [6, 6.07) is 15.2. The minimum atomic E-state index is -0.142. The Morgan fingerprint density at radius 1 is 1.06 bits per heavy atom. The summed E-state index contributed by atoms with van der Waals surface area (Å²) in [5.41, 5.74) is 3.07. The second-order valence-electron chi connectivity index (χ2n) is 8.26. The van der Waals surface area contributed by atoms with E-state index in [0.717, 1.165) is 48.5 Å². The molecule has 1 N–H and O–H groups in total. The molecule has 2 aromatic heterocycles. The zero-order valence-corrected chi connectivity index (χ0v) is 18.6. The quantitative estimate of drug-likeness (QED) is 0.494. The van der Waals surface area contributed by atoms with Crippen LogP contribution in [-0.4, -0.2) is 38.1 Å². The Labute approximate surface area is 191 Å².